The zero-order valence-electron chi connectivity index (χ0n) is 17.6. The molecule has 32 heavy (non-hydrogen) atoms. The first-order valence-corrected chi connectivity index (χ1v) is 12.1. The molecule has 164 valence electrons. The van der Waals surface area contributed by atoms with Gasteiger partial charge in [0.15, 0.2) is 0 Å². The highest BCUT2D eigenvalue weighted by Crippen LogP contribution is 2.31. The summed E-state index contributed by atoms with van der Waals surface area (Å²) in [5.74, 6) is -0.139. The first-order chi connectivity index (χ1) is 15.5. The fourth-order valence-corrected chi connectivity index (χ4v) is 5.44. The van der Waals surface area contributed by atoms with Crippen LogP contribution in [0.2, 0.25) is 0 Å². The van der Waals surface area contributed by atoms with Gasteiger partial charge in [0.1, 0.15) is 10.6 Å². The highest BCUT2D eigenvalue weighted by atomic mass is 79.9. The Bertz CT molecular complexity index is 1260. The second-order valence-corrected chi connectivity index (χ2v) is 9.94. The molecule has 0 bridgehead atoms. The number of amides is 1. The number of hydrogen-bond donors (Lipinski definition) is 0. The molecule has 0 aliphatic carbocycles. The number of halogens is 2. The minimum absolute atomic E-state index is 0.0781. The fraction of sp³-hybridized carbons (Fsp3) is 0.250. The summed E-state index contributed by atoms with van der Waals surface area (Å²) in [6.45, 7) is 5.73. The topological polar surface area (TPSA) is 41.4 Å². The molecular weight excluding hydrogens is 491 g/mol. The summed E-state index contributed by atoms with van der Waals surface area (Å²) >= 11 is 4.97. The molecule has 8 heteroatoms. The lowest BCUT2D eigenvalue weighted by Crippen LogP contribution is -2.48. The second-order valence-electron chi connectivity index (χ2n) is 8.00. The van der Waals surface area contributed by atoms with Crippen LogP contribution in [0.4, 0.5) is 4.39 Å². The van der Waals surface area contributed by atoms with Crippen molar-refractivity contribution in [1.29, 1.82) is 0 Å². The van der Waals surface area contributed by atoms with Crippen molar-refractivity contribution in [3.8, 4) is 5.69 Å². The molecule has 5 nitrogen and oxygen atoms in total. The number of hydrogen-bond acceptors (Lipinski definition) is 4. The Balaban J connectivity index is 1.29. The van der Waals surface area contributed by atoms with Crippen molar-refractivity contribution in [2.45, 2.75) is 13.5 Å². The van der Waals surface area contributed by atoms with Crippen LogP contribution in [0.25, 0.3) is 15.9 Å². The van der Waals surface area contributed by atoms with E-state index in [4.69, 9.17) is 0 Å². The van der Waals surface area contributed by atoms with Crippen molar-refractivity contribution in [2.24, 2.45) is 0 Å². The SMILES string of the molecule is Cc1nn(-c2ccc(Br)cc2)c2sc(C(=O)N3CCN(Cc4ccc(F)cc4)CC3)cc12. The summed E-state index contributed by atoms with van der Waals surface area (Å²) in [5, 5.41) is 5.70. The molecule has 1 amide bonds. The second kappa shape index (κ2) is 8.77. The zero-order chi connectivity index (χ0) is 22.2. The van der Waals surface area contributed by atoms with Crippen LogP contribution in [0.15, 0.2) is 59.1 Å². The van der Waals surface area contributed by atoms with Gasteiger partial charge in [-0.1, -0.05) is 28.1 Å². The maximum absolute atomic E-state index is 13.2. The highest BCUT2D eigenvalue weighted by Gasteiger charge is 2.25. The molecule has 5 rings (SSSR count). The molecule has 1 aliphatic rings. The van der Waals surface area contributed by atoms with Crippen LogP contribution in [0.1, 0.15) is 20.9 Å². The van der Waals surface area contributed by atoms with Crippen LogP contribution in [0.3, 0.4) is 0 Å². The smallest absolute Gasteiger partial charge is 0.264 e. The van der Waals surface area contributed by atoms with Gasteiger partial charge in [0.05, 0.1) is 16.3 Å². The average molecular weight is 513 g/mol. The van der Waals surface area contributed by atoms with E-state index < -0.39 is 0 Å². The van der Waals surface area contributed by atoms with Gasteiger partial charge in [-0.2, -0.15) is 5.10 Å². The fourth-order valence-electron chi connectivity index (χ4n) is 4.02. The molecule has 2 aromatic heterocycles. The van der Waals surface area contributed by atoms with Gasteiger partial charge in [0.25, 0.3) is 5.91 Å². The minimum atomic E-state index is -0.217. The Hall–Kier alpha value is -2.55. The van der Waals surface area contributed by atoms with Crippen LogP contribution >= 0.6 is 27.3 Å². The van der Waals surface area contributed by atoms with Crippen LogP contribution in [-0.2, 0) is 6.54 Å². The Morgan fingerprint density at radius 2 is 1.75 bits per heavy atom. The van der Waals surface area contributed by atoms with Crippen molar-refractivity contribution < 1.29 is 9.18 Å². The van der Waals surface area contributed by atoms with Crippen molar-refractivity contribution in [3.05, 3.63) is 81.0 Å². The first kappa shape index (κ1) is 21.3. The third-order valence-corrected chi connectivity index (χ3v) is 7.43. The summed E-state index contributed by atoms with van der Waals surface area (Å²) in [4.78, 5) is 19.2. The third-order valence-electron chi connectivity index (χ3n) is 5.81. The highest BCUT2D eigenvalue weighted by molar-refractivity contribution is 9.10. The zero-order valence-corrected chi connectivity index (χ0v) is 20.0. The van der Waals surface area contributed by atoms with Crippen molar-refractivity contribution in [1.82, 2.24) is 19.6 Å². The summed E-state index contributed by atoms with van der Waals surface area (Å²) < 4.78 is 16.0. The molecule has 0 spiro atoms. The number of aromatic nitrogens is 2. The summed E-state index contributed by atoms with van der Waals surface area (Å²) in [6, 6.07) is 16.6. The predicted molar refractivity (Wildman–Crippen MR) is 129 cm³/mol. The molecule has 1 aliphatic heterocycles. The Morgan fingerprint density at radius 3 is 2.44 bits per heavy atom. The van der Waals surface area contributed by atoms with Gasteiger partial charge in [-0.05, 0) is 55.0 Å². The Kier molecular flexibility index (Phi) is 5.84. The van der Waals surface area contributed by atoms with Gasteiger partial charge in [-0.15, -0.1) is 11.3 Å². The summed E-state index contributed by atoms with van der Waals surface area (Å²) in [7, 11) is 0. The molecule has 0 atom stereocenters. The molecule has 1 saturated heterocycles. The maximum Gasteiger partial charge on any atom is 0.264 e. The average Bonchev–Trinajstić information content (AvgIpc) is 3.37. The van der Waals surface area contributed by atoms with Crippen molar-refractivity contribution >= 4 is 43.4 Å². The van der Waals surface area contributed by atoms with E-state index in [9.17, 15) is 9.18 Å². The van der Waals surface area contributed by atoms with Gasteiger partial charge in [-0.3, -0.25) is 9.69 Å². The van der Waals surface area contributed by atoms with E-state index in [-0.39, 0.29) is 11.7 Å². The van der Waals surface area contributed by atoms with Gasteiger partial charge in [0.2, 0.25) is 0 Å². The van der Waals surface area contributed by atoms with E-state index >= 15 is 0 Å². The van der Waals surface area contributed by atoms with Crippen LogP contribution in [0, 0.1) is 12.7 Å². The number of fused-ring (bicyclic) bond motifs is 1. The lowest BCUT2D eigenvalue weighted by Gasteiger charge is -2.34. The van der Waals surface area contributed by atoms with E-state index in [0.717, 1.165) is 56.1 Å². The van der Waals surface area contributed by atoms with E-state index in [0.29, 0.717) is 13.1 Å². The first-order valence-electron chi connectivity index (χ1n) is 10.5. The number of carbonyl (C=O) groups excluding carboxylic acids is 1. The van der Waals surface area contributed by atoms with Crippen molar-refractivity contribution in [2.75, 3.05) is 26.2 Å². The van der Waals surface area contributed by atoms with E-state index in [1.165, 1.54) is 23.5 Å². The summed E-state index contributed by atoms with van der Waals surface area (Å²) in [6.07, 6.45) is 0. The third kappa shape index (κ3) is 4.22. The largest absolute Gasteiger partial charge is 0.335 e. The number of benzene rings is 2. The number of thiophene rings is 1. The predicted octanol–water partition coefficient (Wildman–Crippen LogP) is 5.26. The van der Waals surface area contributed by atoms with Crippen LogP contribution in [-0.4, -0.2) is 51.7 Å². The number of piperazine rings is 1. The molecular formula is C24H22BrFN4OS. The van der Waals surface area contributed by atoms with Crippen LogP contribution < -0.4 is 0 Å². The molecule has 1 fully saturated rings. The molecule has 2 aromatic carbocycles. The van der Waals surface area contributed by atoms with E-state index in [2.05, 4.69) is 25.9 Å². The quantitative estimate of drug-likeness (QED) is 0.374. The standard InChI is InChI=1S/C24H22BrFN4OS/c1-16-21-14-22(32-24(21)30(27-16)20-8-4-18(25)5-9-20)23(31)29-12-10-28(11-13-29)15-17-2-6-19(26)7-3-17/h2-9,14H,10-13,15H2,1H3. The number of rotatable bonds is 4. The monoisotopic (exact) mass is 512 g/mol. The number of nitrogens with zero attached hydrogens (tertiary/aromatic N) is 4. The Labute approximate surface area is 198 Å². The molecule has 0 saturated carbocycles. The molecule has 4 aromatic rings. The van der Waals surface area contributed by atoms with Crippen LogP contribution in [0.5, 0.6) is 0 Å². The van der Waals surface area contributed by atoms with Gasteiger partial charge in [-0.25, -0.2) is 9.07 Å². The van der Waals surface area contributed by atoms with Gasteiger partial charge in [0, 0.05) is 42.6 Å². The lowest BCUT2D eigenvalue weighted by molar-refractivity contribution is 0.0633. The number of aryl methyl sites for hydroxylation is 1. The van der Waals surface area contributed by atoms with Crippen molar-refractivity contribution in [3.63, 3.8) is 0 Å². The summed E-state index contributed by atoms with van der Waals surface area (Å²) in [5.41, 5.74) is 2.98. The molecule has 0 unspecified atom stereocenters. The molecule has 0 N–H and O–H groups in total. The van der Waals surface area contributed by atoms with E-state index in [1.54, 1.807) is 0 Å². The Morgan fingerprint density at radius 1 is 1.06 bits per heavy atom. The number of carbonyl (C=O) groups is 1. The van der Waals surface area contributed by atoms with Gasteiger partial charge >= 0.3 is 0 Å². The maximum atomic E-state index is 13.2. The molecule has 0 radical (unpaired) electrons. The molecule has 3 heterocycles. The normalized spacial score (nSPS) is 14.9. The minimum Gasteiger partial charge on any atom is -0.335 e. The lowest BCUT2D eigenvalue weighted by atomic mass is 10.2. The van der Waals surface area contributed by atoms with Gasteiger partial charge < -0.3 is 4.90 Å². The van der Waals surface area contributed by atoms with E-state index in [1.807, 2.05) is 59.0 Å².